The van der Waals surface area contributed by atoms with Gasteiger partial charge in [-0.2, -0.15) is 0 Å². The highest BCUT2D eigenvalue weighted by Gasteiger charge is 2.43. The van der Waals surface area contributed by atoms with Gasteiger partial charge < -0.3 is 9.30 Å². The van der Waals surface area contributed by atoms with Gasteiger partial charge in [0.05, 0.1) is 25.2 Å². The second kappa shape index (κ2) is 4.47. The van der Waals surface area contributed by atoms with Crippen LogP contribution in [0.4, 0.5) is 0 Å². The molecule has 0 radical (unpaired) electrons. The monoisotopic (exact) mass is 270 g/mol. The molecule has 4 nitrogen and oxygen atoms in total. The fraction of sp³-hybridized carbons (Fsp3) is 0.375. The van der Waals surface area contributed by atoms with E-state index >= 15 is 0 Å². The Morgan fingerprint density at radius 3 is 2.95 bits per heavy atom. The van der Waals surface area contributed by atoms with Crippen LogP contribution in [0.1, 0.15) is 35.5 Å². The predicted octanol–water partition coefficient (Wildman–Crippen LogP) is 2.63. The van der Waals surface area contributed by atoms with E-state index in [1.807, 2.05) is 10.6 Å². The van der Waals surface area contributed by atoms with E-state index in [1.54, 1.807) is 12.5 Å². The summed E-state index contributed by atoms with van der Waals surface area (Å²) in [5, 5.41) is 0. The van der Waals surface area contributed by atoms with Crippen LogP contribution in [0, 0.1) is 5.92 Å². The standard InChI is InChI=1S/C16H18N2O2/c1-11-8-12-6-4-5-7-13(12)16(11,2)18-10-17-9-14(18)15(19)20-3/h4-7,9-11H,8H2,1-3H3. The Morgan fingerprint density at radius 1 is 1.45 bits per heavy atom. The molecule has 0 saturated heterocycles. The third kappa shape index (κ3) is 1.60. The maximum Gasteiger partial charge on any atom is 0.356 e. The summed E-state index contributed by atoms with van der Waals surface area (Å²) in [7, 11) is 1.40. The van der Waals surface area contributed by atoms with Gasteiger partial charge in [0, 0.05) is 0 Å². The van der Waals surface area contributed by atoms with Gasteiger partial charge in [0.25, 0.3) is 0 Å². The van der Waals surface area contributed by atoms with Gasteiger partial charge in [0.1, 0.15) is 5.69 Å². The van der Waals surface area contributed by atoms with Crippen LogP contribution in [0.3, 0.4) is 0 Å². The van der Waals surface area contributed by atoms with Crippen molar-refractivity contribution < 1.29 is 9.53 Å². The molecule has 4 heteroatoms. The fourth-order valence-electron chi connectivity index (χ4n) is 3.27. The molecule has 104 valence electrons. The quantitative estimate of drug-likeness (QED) is 0.788. The molecule has 0 aliphatic heterocycles. The van der Waals surface area contributed by atoms with Gasteiger partial charge >= 0.3 is 5.97 Å². The normalized spacial score (nSPS) is 24.4. The van der Waals surface area contributed by atoms with Crippen molar-refractivity contribution in [2.75, 3.05) is 7.11 Å². The molecule has 2 atom stereocenters. The van der Waals surface area contributed by atoms with E-state index in [9.17, 15) is 4.79 Å². The molecule has 1 aliphatic carbocycles. The molecule has 0 amide bonds. The van der Waals surface area contributed by atoms with Gasteiger partial charge in [0.15, 0.2) is 0 Å². The number of aromatic nitrogens is 2. The minimum Gasteiger partial charge on any atom is -0.464 e. The van der Waals surface area contributed by atoms with Crippen LogP contribution in [-0.2, 0) is 16.7 Å². The van der Waals surface area contributed by atoms with E-state index in [0.29, 0.717) is 11.6 Å². The molecule has 20 heavy (non-hydrogen) atoms. The fourth-order valence-corrected chi connectivity index (χ4v) is 3.27. The van der Waals surface area contributed by atoms with Crippen molar-refractivity contribution in [2.24, 2.45) is 5.92 Å². The Labute approximate surface area is 118 Å². The third-order valence-electron chi connectivity index (χ3n) is 4.58. The van der Waals surface area contributed by atoms with Crippen molar-refractivity contribution in [3.8, 4) is 0 Å². The van der Waals surface area contributed by atoms with E-state index in [0.717, 1.165) is 6.42 Å². The van der Waals surface area contributed by atoms with Crippen molar-refractivity contribution in [3.05, 3.63) is 53.6 Å². The molecule has 0 fully saturated rings. The number of hydrogen-bond acceptors (Lipinski definition) is 3. The number of carbonyl (C=O) groups is 1. The Hall–Kier alpha value is -2.10. The molecule has 0 spiro atoms. The van der Waals surface area contributed by atoms with E-state index in [-0.39, 0.29) is 11.5 Å². The predicted molar refractivity (Wildman–Crippen MR) is 75.6 cm³/mol. The Balaban J connectivity index is 2.18. The van der Waals surface area contributed by atoms with Crippen LogP contribution in [0.15, 0.2) is 36.8 Å². The summed E-state index contributed by atoms with van der Waals surface area (Å²) >= 11 is 0. The molecular weight excluding hydrogens is 252 g/mol. The molecule has 3 rings (SSSR count). The summed E-state index contributed by atoms with van der Waals surface area (Å²) in [6.45, 7) is 4.37. The number of nitrogens with zero attached hydrogens (tertiary/aromatic N) is 2. The Morgan fingerprint density at radius 2 is 2.20 bits per heavy atom. The molecule has 1 aromatic carbocycles. The molecule has 1 aliphatic rings. The van der Waals surface area contributed by atoms with Crippen molar-refractivity contribution in [2.45, 2.75) is 25.8 Å². The van der Waals surface area contributed by atoms with Crippen molar-refractivity contribution in [1.82, 2.24) is 9.55 Å². The van der Waals surface area contributed by atoms with E-state index in [1.165, 1.54) is 18.2 Å². The number of hydrogen-bond donors (Lipinski definition) is 0. The van der Waals surface area contributed by atoms with Crippen LogP contribution in [-0.4, -0.2) is 22.6 Å². The van der Waals surface area contributed by atoms with Crippen LogP contribution < -0.4 is 0 Å². The molecule has 0 saturated carbocycles. The largest absolute Gasteiger partial charge is 0.464 e. The summed E-state index contributed by atoms with van der Waals surface area (Å²) in [4.78, 5) is 16.1. The maximum absolute atomic E-state index is 11.9. The lowest BCUT2D eigenvalue weighted by Gasteiger charge is -2.33. The molecule has 0 N–H and O–H groups in total. The van der Waals surface area contributed by atoms with Crippen LogP contribution in [0.25, 0.3) is 0 Å². The zero-order chi connectivity index (χ0) is 14.3. The van der Waals surface area contributed by atoms with Gasteiger partial charge in [-0.1, -0.05) is 31.2 Å². The summed E-state index contributed by atoms with van der Waals surface area (Å²) in [5.41, 5.74) is 2.83. The highest BCUT2D eigenvalue weighted by atomic mass is 16.5. The first-order valence-corrected chi connectivity index (χ1v) is 6.78. The first-order chi connectivity index (χ1) is 9.59. The first-order valence-electron chi connectivity index (χ1n) is 6.78. The number of carbonyl (C=O) groups excluding carboxylic acids is 1. The van der Waals surface area contributed by atoms with Gasteiger partial charge in [-0.3, -0.25) is 0 Å². The number of esters is 1. The zero-order valence-corrected chi connectivity index (χ0v) is 12.0. The van der Waals surface area contributed by atoms with Crippen LogP contribution in [0.5, 0.6) is 0 Å². The number of benzene rings is 1. The lowest BCUT2D eigenvalue weighted by molar-refractivity contribution is 0.0579. The number of fused-ring (bicyclic) bond motifs is 1. The van der Waals surface area contributed by atoms with Crippen molar-refractivity contribution in [3.63, 3.8) is 0 Å². The Kier molecular flexibility index (Phi) is 2.89. The summed E-state index contributed by atoms with van der Waals surface area (Å²) < 4.78 is 6.82. The number of rotatable bonds is 2. The van der Waals surface area contributed by atoms with Crippen molar-refractivity contribution in [1.29, 1.82) is 0 Å². The van der Waals surface area contributed by atoms with Crippen molar-refractivity contribution >= 4 is 5.97 Å². The van der Waals surface area contributed by atoms with Gasteiger partial charge in [0.2, 0.25) is 0 Å². The molecular formula is C16H18N2O2. The molecule has 1 aromatic heterocycles. The highest BCUT2D eigenvalue weighted by Crippen LogP contribution is 2.44. The van der Waals surface area contributed by atoms with E-state index < -0.39 is 0 Å². The lowest BCUT2D eigenvalue weighted by atomic mass is 9.86. The second-order valence-corrected chi connectivity index (χ2v) is 5.55. The van der Waals surface area contributed by atoms with Gasteiger partial charge in [-0.25, -0.2) is 9.78 Å². The van der Waals surface area contributed by atoms with Gasteiger partial charge in [-0.05, 0) is 30.4 Å². The summed E-state index contributed by atoms with van der Waals surface area (Å²) in [6.07, 6.45) is 4.31. The summed E-state index contributed by atoms with van der Waals surface area (Å²) in [6, 6.07) is 8.40. The number of ether oxygens (including phenoxy) is 1. The lowest BCUT2D eigenvalue weighted by Crippen LogP contribution is -2.36. The summed E-state index contributed by atoms with van der Waals surface area (Å²) in [5.74, 6) is 0.0396. The van der Waals surface area contributed by atoms with E-state index in [2.05, 4.69) is 37.0 Å². The van der Waals surface area contributed by atoms with Gasteiger partial charge in [-0.15, -0.1) is 0 Å². The number of imidazole rings is 1. The third-order valence-corrected chi connectivity index (χ3v) is 4.58. The molecule has 0 bridgehead atoms. The molecule has 2 unspecified atom stereocenters. The minimum atomic E-state index is -0.347. The maximum atomic E-state index is 11.9. The molecule has 2 aromatic rings. The second-order valence-electron chi connectivity index (χ2n) is 5.55. The van der Waals surface area contributed by atoms with Crippen LogP contribution in [0.2, 0.25) is 0 Å². The minimum absolute atomic E-state index is 0.267. The average molecular weight is 270 g/mol. The SMILES string of the molecule is COC(=O)c1cncn1C1(C)c2ccccc2CC1C. The smallest absolute Gasteiger partial charge is 0.356 e. The van der Waals surface area contributed by atoms with Crippen LogP contribution >= 0.6 is 0 Å². The zero-order valence-electron chi connectivity index (χ0n) is 12.0. The topological polar surface area (TPSA) is 44.1 Å². The molecule has 1 heterocycles. The highest BCUT2D eigenvalue weighted by molar-refractivity contribution is 5.87. The average Bonchev–Trinajstić information content (AvgIpc) is 3.04. The first kappa shape index (κ1) is 12.9. The Bertz CT molecular complexity index is 662. The van der Waals surface area contributed by atoms with E-state index in [4.69, 9.17) is 4.74 Å². The number of methoxy groups -OCH3 is 1.